The predicted molar refractivity (Wildman–Crippen MR) is 113 cm³/mol. The van der Waals surface area contributed by atoms with E-state index in [1.807, 2.05) is 43.3 Å². The molecule has 1 aliphatic rings. The molecule has 30 heavy (non-hydrogen) atoms. The van der Waals surface area contributed by atoms with Crippen LogP contribution in [-0.4, -0.2) is 31.1 Å². The quantitative estimate of drug-likeness (QED) is 0.580. The van der Waals surface area contributed by atoms with Gasteiger partial charge in [0.05, 0.1) is 19.1 Å². The highest BCUT2D eigenvalue weighted by molar-refractivity contribution is 6.04. The van der Waals surface area contributed by atoms with Crippen LogP contribution in [0.1, 0.15) is 42.9 Å². The normalized spacial score (nSPS) is 16.8. The minimum Gasteiger partial charge on any atom is -0.465 e. The van der Waals surface area contributed by atoms with E-state index >= 15 is 0 Å². The molecule has 6 heteroatoms. The fraction of sp³-hybridized carbons (Fsp3) is 0.375. The number of esters is 2. The minimum atomic E-state index is -1.55. The Morgan fingerprint density at radius 2 is 1.60 bits per heavy atom. The fourth-order valence-electron chi connectivity index (χ4n) is 4.04. The van der Waals surface area contributed by atoms with E-state index in [0.717, 1.165) is 16.7 Å². The summed E-state index contributed by atoms with van der Waals surface area (Å²) in [5.41, 5.74) is 1.66. The lowest BCUT2D eigenvalue weighted by Gasteiger charge is -2.38. The third-order valence-corrected chi connectivity index (χ3v) is 5.54. The van der Waals surface area contributed by atoms with E-state index in [1.54, 1.807) is 26.0 Å². The van der Waals surface area contributed by atoms with Gasteiger partial charge in [0, 0.05) is 5.69 Å². The first-order chi connectivity index (χ1) is 14.4. The number of benzene rings is 2. The van der Waals surface area contributed by atoms with Crippen LogP contribution in [0.2, 0.25) is 0 Å². The Balaban J connectivity index is 2.07. The van der Waals surface area contributed by atoms with Gasteiger partial charge in [-0.1, -0.05) is 36.4 Å². The smallest absolute Gasteiger partial charge is 0.323 e. The van der Waals surface area contributed by atoms with Crippen molar-refractivity contribution < 1.29 is 23.9 Å². The topological polar surface area (TPSA) is 81.7 Å². The molecule has 1 amide bonds. The summed E-state index contributed by atoms with van der Waals surface area (Å²) >= 11 is 0. The van der Waals surface area contributed by atoms with Gasteiger partial charge in [0.25, 0.3) is 0 Å². The Kier molecular flexibility index (Phi) is 6.55. The molecule has 2 aromatic carbocycles. The molecule has 0 aromatic heterocycles. The molecule has 0 saturated carbocycles. The summed E-state index contributed by atoms with van der Waals surface area (Å²) in [4.78, 5) is 39.3. The second kappa shape index (κ2) is 9.11. The fourth-order valence-corrected chi connectivity index (χ4v) is 4.04. The summed E-state index contributed by atoms with van der Waals surface area (Å²) in [7, 11) is 0. The van der Waals surface area contributed by atoms with Gasteiger partial charge in [-0.05, 0) is 62.4 Å². The Hall–Kier alpha value is -3.15. The number of carbonyl (C=O) groups is 3. The number of aryl methyl sites for hydroxylation is 1. The van der Waals surface area contributed by atoms with Gasteiger partial charge in [-0.25, -0.2) is 0 Å². The van der Waals surface area contributed by atoms with Crippen LogP contribution < -0.4 is 5.32 Å². The molecule has 1 N–H and O–H groups in total. The second-order valence-corrected chi connectivity index (χ2v) is 7.45. The highest BCUT2D eigenvalue weighted by atomic mass is 16.6. The first-order valence-corrected chi connectivity index (χ1v) is 10.2. The van der Waals surface area contributed by atoms with Gasteiger partial charge in [0.15, 0.2) is 5.41 Å². The third kappa shape index (κ3) is 4.08. The summed E-state index contributed by atoms with van der Waals surface area (Å²) in [5.74, 6) is -2.25. The van der Waals surface area contributed by atoms with Crippen LogP contribution in [0.4, 0.5) is 5.69 Å². The number of rotatable bonds is 6. The van der Waals surface area contributed by atoms with Crippen molar-refractivity contribution in [2.75, 3.05) is 18.5 Å². The molecular formula is C24H27NO5. The lowest BCUT2D eigenvalue weighted by molar-refractivity contribution is -0.173. The molecule has 3 rings (SSSR count). The van der Waals surface area contributed by atoms with Gasteiger partial charge in [0.2, 0.25) is 5.91 Å². The molecule has 1 atom stereocenters. The molecule has 0 bridgehead atoms. The summed E-state index contributed by atoms with van der Waals surface area (Å²) in [5, 5.41) is 2.91. The van der Waals surface area contributed by atoms with Crippen LogP contribution in [0.15, 0.2) is 48.5 Å². The molecule has 158 valence electrons. The maximum absolute atomic E-state index is 13.3. The van der Waals surface area contributed by atoms with E-state index in [-0.39, 0.29) is 32.0 Å². The van der Waals surface area contributed by atoms with Gasteiger partial charge in [-0.3, -0.25) is 14.4 Å². The second-order valence-electron chi connectivity index (χ2n) is 7.45. The Bertz CT molecular complexity index is 920. The van der Waals surface area contributed by atoms with E-state index in [9.17, 15) is 14.4 Å². The van der Waals surface area contributed by atoms with Crippen LogP contribution >= 0.6 is 0 Å². The number of hydrogen-bond donors (Lipinski definition) is 1. The molecule has 0 radical (unpaired) electrons. The lowest BCUT2D eigenvalue weighted by atomic mass is 9.65. The van der Waals surface area contributed by atoms with Crippen molar-refractivity contribution in [3.8, 4) is 0 Å². The number of nitrogens with one attached hydrogen (secondary N) is 1. The zero-order chi connectivity index (χ0) is 21.7. The lowest BCUT2D eigenvalue weighted by Crippen LogP contribution is -2.49. The van der Waals surface area contributed by atoms with Crippen molar-refractivity contribution in [1.29, 1.82) is 0 Å². The predicted octanol–water partition coefficient (Wildman–Crippen LogP) is 3.78. The molecule has 0 aliphatic heterocycles. The summed E-state index contributed by atoms with van der Waals surface area (Å²) in [6.07, 6.45) is 0.154. The summed E-state index contributed by atoms with van der Waals surface area (Å²) in [6, 6.07) is 14.8. The average Bonchev–Trinajstić information content (AvgIpc) is 2.74. The largest absolute Gasteiger partial charge is 0.465 e. The van der Waals surface area contributed by atoms with Crippen LogP contribution in [0.3, 0.4) is 0 Å². The van der Waals surface area contributed by atoms with Crippen molar-refractivity contribution in [1.82, 2.24) is 0 Å². The standard InChI is InChI=1S/C24H27NO5/c1-4-29-22(27)24(23(28)30-5-2)14-19-16(3)10-9-13-18(19)20(15-24)21(26)25-17-11-7-6-8-12-17/h6-13,20H,4-5,14-15H2,1-3H3,(H,25,26). The Morgan fingerprint density at radius 1 is 0.967 bits per heavy atom. The minimum absolute atomic E-state index is 0.000211. The molecule has 0 saturated heterocycles. The van der Waals surface area contributed by atoms with Crippen LogP contribution in [0, 0.1) is 12.3 Å². The summed E-state index contributed by atoms with van der Waals surface area (Å²) < 4.78 is 10.6. The monoisotopic (exact) mass is 409 g/mol. The zero-order valence-electron chi connectivity index (χ0n) is 17.6. The van der Waals surface area contributed by atoms with E-state index in [0.29, 0.717) is 5.69 Å². The molecule has 2 aromatic rings. The number of para-hydroxylation sites is 1. The first kappa shape index (κ1) is 21.6. The average molecular weight is 409 g/mol. The van der Waals surface area contributed by atoms with E-state index < -0.39 is 23.3 Å². The summed E-state index contributed by atoms with van der Waals surface area (Å²) in [6.45, 7) is 5.58. The third-order valence-electron chi connectivity index (χ3n) is 5.54. The maximum Gasteiger partial charge on any atom is 0.323 e. The molecular weight excluding hydrogens is 382 g/mol. The van der Waals surface area contributed by atoms with Crippen molar-refractivity contribution >= 4 is 23.5 Å². The molecule has 0 heterocycles. The Labute approximate surface area is 176 Å². The maximum atomic E-state index is 13.3. The molecule has 1 unspecified atom stereocenters. The van der Waals surface area contributed by atoms with Crippen LogP contribution in [0.25, 0.3) is 0 Å². The van der Waals surface area contributed by atoms with Gasteiger partial charge in [-0.2, -0.15) is 0 Å². The molecule has 1 aliphatic carbocycles. The number of ether oxygens (including phenoxy) is 2. The zero-order valence-corrected chi connectivity index (χ0v) is 17.6. The van der Waals surface area contributed by atoms with Crippen molar-refractivity contribution in [3.63, 3.8) is 0 Å². The van der Waals surface area contributed by atoms with E-state index in [2.05, 4.69) is 5.32 Å². The van der Waals surface area contributed by atoms with Crippen LogP contribution in [-0.2, 0) is 30.3 Å². The molecule has 0 spiro atoms. The van der Waals surface area contributed by atoms with Crippen LogP contribution in [0.5, 0.6) is 0 Å². The van der Waals surface area contributed by atoms with Crippen molar-refractivity contribution in [3.05, 3.63) is 65.2 Å². The molecule has 0 fully saturated rings. The number of amides is 1. The van der Waals surface area contributed by atoms with Crippen molar-refractivity contribution in [2.45, 2.75) is 39.5 Å². The van der Waals surface area contributed by atoms with Gasteiger partial charge < -0.3 is 14.8 Å². The number of anilines is 1. The Morgan fingerprint density at radius 3 is 2.20 bits per heavy atom. The van der Waals surface area contributed by atoms with E-state index in [4.69, 9.17) is 9.47 Å². The van der Waals surface area contributed by atoms with E-state index in [1.165, 1.54) is 0 Å². The van der Waals surface area contributed by atoms with Gasteiger partial charge >= 0.3 is 11.9 Å². The highest BCUT2D eigenvalue weighted by Gasteiger charge is 2.54. The number of carbonyl (C=O) groups excluding carboxylic acids is 3. The number of hydrogen-bond acceptors (Lipinski definition) is 5. The SMILES string of the molecule is CCOC(=O)C1(C(=O)OCC)Cc2c(C)cccc2C(C(=O)Nc2ccccc2)C1. The number of fused-ring (bicyclic) bond motifs is 1. The van der Waals surface area contributed by atoms with Crippen molar-refractivity contribution in [2.24, 2.45) is 5.41 Å². The highest BCUT2D eigenvalue weighted by Crippen LogP contribution is 2.45. The first-order valence-electron chi connectivity index (χ1n) is 10.2. The van der Waals surface area contributed by atoms with Gasteiger partial charge in [-0.15, -0.1) is 0 Å². The van der Waals surface area contributed by atoms with Gasteiger partial charge in [0.1, 0.15) is 0 Å². The molecule has 6 nitrogen and oxygen atoms in total.